The Morgan fingerprint density at radius 1 is 0.857 bits per heavy atom. The standard InChI is InChI=1S/C12H22F4O3S.Li/c13-8-6-4-2-1-3-5-7-10(14)12(16)11(15)9-20(17,18)19;/h10-12H,1-9H2,(H,17,18,19);/q;+1/p-1. The Morgan fingerprint density at radius 2 is 1.33 bits per heavy atom. The maximum absolute atomic E-state index is 13.3. The Balaban J connectivity index is 0. The van der Waals surface area contributed by atoms with Crippen LogP contribution in [0, 0.1) is 0 Å². The predicted molar refractivity (Wildman–Crippen MR) is 67.5 cm³/mol. The van der Waals surface area contributed by atoms with Crippen molar-refractivity contribution >= 4 is 10.1 Å². The molecule has 0 rings (SSSR count). The number of hydrogen-bond acceptors (Lipinski definition) is 3. The van der Waals surface area contributed by atoms with E-state index in [-0.39, 0.29) is 32.0 Å². The number of rotatable bonds is 12. The maximum atomic E-state index is 13.3. The van der Waals surface area contributed by atoms with Gasteiger partial charge in [0, 0.05) is 0 Å². The van der Waals surface area contributed by atoms with E-state index in [4.69, 9.17) is 0 Å². The third-order valence-corrected chi connectivity index (χ3v) is 3.64. The van der Waals surface area contributed by atoms with Gasteiger partial charge in [-0.25, -0.2) is 21.6 Å². The molecule has 0 aliphatic rings. The van der Waals surface area contributed by atoms with Crippen LogP contribution in [-0.2, 0) is 10.1 Å². The second-order valence-electron chi connectivity index (χ2n) is 4.80. The molecule has 0 fully saturated rings. The summed E-state index contributed by atoms with van der Waals surface area (Å²) in [6.45, 7) is -0.364. The van der Waals surface area contributed by atoms with Gasteiger partial charge in [0.05, 0.1) is 22.5 Å². The summed E-state index contributed by atoms with van der Waals surface area (Å²) in [6.07, 6.45) is -3.79. The Kier molecular flexibility index (Phi) is 14.3. The van der Waals surface area contributed by atoms with Crippen LogP contribution in [0.25, 0.3) is 0 Å². The second-order valence-corrected chi connectivity index (χ2v) is 6.25. The van der Waals surface area contributed by atoms with Crippen molar-refractivity contribution in [2.75, 3.05) is 12.4 Å². The number of unbranched alkanes of at least 4 members (excludes halogenated alkanes) is 5. The van der Waals surface area contributed by atoms with Crippen LogP contribution < -0.4 is 18.9 Å². The van der Waals surface area contributed by atoms with Crippen LogP contribution in [0.4, 0.5) is 17.6 Å². The summed E-state index contributed by atoms with van der Waals surface area (Å²) in [5.74, 6) is -1.54. The molecule has 0 aliphatic heterocycles. The molecule has 0 saturated heterocycles. The minimum atomic E-state index is -4.90. The Hall–Kier alpha value is 0.227. The van der Waals surface area contributed by atoms with E-state index in [1.54, 1.807) is 0 Å². The topological polar surface area (TPSA) is 57.2 Å². The summed E-state index contributed by atoms with van der Waals surface area (Å²) >= 11 is 0. The summed E-state index contributed by atoms with van der Waals surface area (Å²) in [5.41, 5.74) is 0. The molecule has 3 atom stereocenters. The van der Waals surface area contributed by atoms with Crippen molar-refractivity contribution in [3.8, 4) is 0 Å². The molecule has 0 N–H and O–H groups in total. The SMILES string of the molecule is O=S(=O)([O-])CC(F)C(F)C(F)CCCCCCCCF.[Li+]. The molecule has 0 heterocycles. The average Bonchev–Trinajstić information content (AvgIpc) is 2.34. The Labute approximate surface area is 135 Å². The molecule has 0 radical (unpaired) electrons. The molecule has 122 valence electrons. The monoisotopic (exact) mass is 328 g/mol. The zero-order valence-corrected chi connectivity index (χ0v) is 13.1. The largest absolute Gasteiger partial charge is 1.00 e. The number of alkyl halides is 4. The van der Waals surface area contributed by atoms with E-state index < -0.39 is 34.4 Å². The van der Waals surface area contributed by atoms with Crippen LogP contribution in [0.5, 0.6) is 0 Å². The molecule has 21 heavy (non-hydrogen) atoms. The van der Waals surface area contributed by atoms with Crippen molar-refractivity contribution < 1.29 is 49.4 Å². The van der Waals surface area contributed by atoms with Crippen molar-refractivity contribution in [1.82, 2.24) is 0 Å². The number of hydrogen-bond donors (Lipinski definition) is 0. The fraction of sp³-hybridized carbons (Fsp3) is 1.00. The molecule has 0 aromatic rings. The molecular formula is C12H21F4LiO3S. The first-order valence-corrected chi connectivity index (χ1v) is 8.27. The van der Waals surface area contributed by atoms with E-state index in [1.165, 1.54) is 0 Å². The third kappa shape index (κ3) is 13.6. The molecule has 0 saturated carbocycles. The Morgan fingerprint density at radius 3 is 1.81 bits per heavy atom. The van der Waals surface area contributed by atoms with E-state index in [1.807, 2.05) is 0 Å². The van der Waals surface area contributed by atoms with E-state index >= 15 is 0 Å². The molecule has 0 bridgehead atoms. The van der Waals surface area contributed by atoms with Gasteiger partial charge in [-0.2, -0.15) is 0 Å². The van der Waals surface area contributed by atoms with Gasteiger partial charge in [-0.1, -0.05) is 32.1 Å². The van der Waals surface area contributed by atoms with Gasteiger partial charge in [0.25, 0.3) is 0 Å². The quantitative estimate of drug-likeness (QED) is 0.223. The van der Waals surface area contributed by atoms with E-state index in [9.17, 15) is 30.5 Å². The predicted octanol–water partition coefficient (Wildman–Crippen LogP) is 0.250. The van der Waals surface area contributed by atoms with Gasteiger partial charge in [-0.05, 0) is 12.8 Å². The molecule has 9 heteroatoms. The van der Waals surface area contributed by atoms with Crippen LogP contribution in [0.1, 0.15) is 44.9 Å². The van der Waals surface area contributed by atoms with Crippen LogP contribution in [0.3, 0.4) is 0 Å². The summed E-state index contributed by atoms with van der Waals surface area (Å²) in [7, 11) is -4.90. The Bertz CT molecular complexity index is 343. The van der Waals surface area contributed by atoms with Crippen molar-refractivity contribution in [1.29, 1.82) is 0 Å². The van der Waals surface area contributed by atoms with Crippen molar-refractivity contribution in [3.05, 3.63) is 0 Å². The van der Waals surface area contributed by atoms with Crippen LogP contribution in [0.15, 0.2) is 0 Å². The van der Waals surface area contributed by atoms with Crippen LogP contribution in [-0.4, -0.2) is 43.9 Å². The minimum absolute atomic E-state index is 0. The summed E-state index contributed by atoms with van der Waals surface area (Å²) in [6, 6.07) is 0. The third-order valence-electron chi connectivity index (χ3n) is 2.92. The maximum Gasteiger partial charge on any atom is 1.00 e. The molecule has 3 nitrogen and oxygen atoms in total. The first-order valence-electron chi connectivity index (χ1n) is 6.69. The smallest absolute Gasteiger partial charge is 0.748 e. The summed E-state index contributed by atoms with van der Waals surface area (Å²) in [4.78, 5) is 0. The molecule has 0 aliphatic carbocycles. The van der Waals surface area contributed by atoms with Gasteiger partial charge in [0.2, 0.25) is 0 Å². The molecular weight excluding hydrogens is 307 g/mol. The van der Waals surface area contributed by atoms with Gasteiger partial charge in [0.1, 0.15) is 12.3 Å². The van der Waals surface area contributed by atoms with Gasteiger partial charge in [-0.15, -0.1) is 0 Å². The van der Waals surface area contributed by atoms with Crippen LogP contribution in [0.2, 0.25) is 0 Å². The summed E-state index contributed by atoms with van der Waals surface area (Å²) in [5, 5.41) is 0. The molecule has 0 aromatic heterocycles. The fourth-order valence-electron chi connectivity index (χ4n) is 1.81. The minimum Gasteiger partial charge on any atom is -0.748 e. The zero-order valence-electron chi connectivity index (χ0n) is 12.2. The van der Waals surface area contributed by atoms with Gasteiger partial charge in [-0.3, -0.25) is 4.39 Å². The van der Waals surface area contributed by atoms with Gasteiger partial charge < -0.3 is 4.55 Å². The van der Waals surface area contributed by atoms with E-state index in [0.717, 1.165) is 19.3 Å². The van der Waals surface area contributed by atoms with E-state index in [0.29, 0.717) is 19.3 Å². The number of halogens is 4. The van der Waals surface area contributed by atoms with Gasteiger partial charge in [0.15, 0.2) is 6.17 Å². The summed E-state index contributed by atoms with van der Waals surface area (Å²) < 4.78 is 82.0. The molecule has 0 amide bonds. The fourth-order valence-corrected chi connectivity index (χ4v) is 2.39. The first kappa shape index (κ1) is 23.5. The van der Waals surface area contributed by atoms with E-state index in [2.05, 4.69) is 0 Å². The molecule has 0 aromatic carbocycles. The normalized spacial score (nSPS) is 16.0. The first-order chi connectivity index (χ1) is 9.28. The second kappa shape index (κ2) is 12.7. The average molecular weight is 328 g/mol. The van der Waals surface area contributed by atoms with Crippen molar-refractivity contribution in [2.45, 2.75) is 63.5 Å². The van der Waals surface area contributed by atoms with Gasteiger partial charge >= 0.3 is 18.9 Å². The zero-order chi connectivity index (χ0) is 15.6. The van der Waals surface area contributed by atoms with Crippen molar-refractivity contribution in [2.24, 2.45) is 0 Å². The molecule has 3 unspecified atom stereocenters. The molecule has 0 spiro atoms. The van der Waals surface area contributed by atoms with Crippen LogP contribution >= 0.6 is 0 Å². The van der Waals surface area contributed by atoms with Crippen molar-refractivity contribution in [3.63, 3.8) is 0 Å².